The molecule has 9 heteroatoms. The van der Waals surface area contributed by atoms with Crippen molar-refractivity contribution in [3.05, 3.63) is 77.2 Å². The molecule has 3 rings (SSSR count). The standard InChI is InChI=1S/C26H26N2O6S/c1-3-33-26(32)24-20(18-10-6-4-7-11-18)16-35-25(24)28-22(30)15-34-23(31)14-21(27-17(2)29)19-12-8-5-9-13-19/h4-13,16,21H,3,14-15H2,1-2H3,(H,27,29)(H,28,30)/t21-/m1/s1. The normalized spacial score (nSPS) is 11.3. The highest BCUT2D eigenvalue weighted by Gasteiger charge is 2.24. The maximum atomic E-state index is 12.6. The van der Waals surface area contributed by atoms with Crippen molar-refractivity contribution in [3.63, 3.8) is 0 Å². The number of nitrogens with one attached hydrogen (secondary N) is 2. The highest BCUT2D eigenvalue weighted by Crippen LogP contribution is 2.36. The maximum absolute atomic E-state index is 12.6. The summed E-state index contributed by atoms with van der Waals surface area (Å²) in [6, 6.07) is 17.7. The minimum atomic E-state index is -0.649. The van der Waals surface area contributed by atoms with E-state index < -0.39 is 30.5 Å². The van der Waals surface area contributed by atoms with E-state index in [1.807, 2.05) is 36.4 Å². The van der Waals surface area contributed by atoms with Crippen molar-refractivity contribution in [2.75, 3.05) is 18.5 Å². The Morgan fingerprint density at radius 3 is 2.23 bits per heavy atom. The molecule has 0 unspecified atom stereocenters. The maximum Gasteiger partial charge on any atom is 0.341 e. The second kappa shape index (κ2) is 12.5. The van der Waals surface area contributed by atoms with Gasteiger partial charge in [-0.25, -0.2) is 4.79 Å². The van der Waals surface area contributed by atoms with Crippen molar-refractivity contribution in [1.82, 2.24) is 5.32 Å². The van der Waals surface area contributed by atoms with Gasteiger partial charge in [0.1, 0.15) is 10.6 Å². The molecular formula is C26H26N2O6S. The fraction of sp³-hybridized carbons (Fsp3) is 0.231. The number of hydrogen-bond acceptors (Lipinski definition) is 7. The first-order valence-electron chi connectivity index (χ1n) is 11.0. The zero-order valence-corrected chi connectivity index (χ0v) is 20.2. The van der Waals surface area contributed by atoms with Gasteiger partial charge in [-0.05, 0) is 18.1 Å². The minimum Gasteiger partial charge on any atom is -0.462 e. The Hall–Kier alpha value is -3.98. The lowest BCUT2D eigenvalue weighted by Gasteiger charge is -2.17. The summed E-state index contributed by atoms with van der Waals surface area (Å²) in [4.78, 5) is 49.1. The molecule has 3 aromatic rings. The number of carbonyl (C=O) groups excluding carboxylic acids is 4. The molecule has 0 fully saturated rings. The zero-order valence-electron chi connectivity index (χ0n) is 19.4. The largest absolute Gasteiger partial charge is 0.462 e. The van der Waals surface area contributed by atoms with E-state index in [9.17, 15) is 19.2 Å². The third-order valence-corrected chi connectivity index (χ3v) is 5.82. The van der Waals surface area contributed by atoms with E-state index >= 15 is 0 Å². The van der Waals surface area contributed by atoms with Crippen LogP contribution in [0.1, 0.15) is 42.2 Å². The molecule has 1 aromatic heterocycles. The smallest absolute Gasteiger partial charge is 0.341 e. The summed E-state index contributed by atoms with van der Waals surface area (Å²) in [6.07, 6.45) is -0.137. The van der Waals surface area contributed by atoms with Gasteiger partial charge in [-0.15, -0.1) is 11.3 Å². The molecule has 0 radical (unpaired) electrons. The first-order valence-corrected chi connectivity index (χ1v) is 11.9. The molecule has 0 bridgehead atoms. The van der Waals surface area contributed by atoms with E-state index in [2.05, 4.69) is 10.6 Å². The van der Waals surface area contributed by atoms with Crippen molar-refractivity contribution in [1.29, 1.82) is 0 Å². The van der Waals surface area contributed by atoms with Gasteiger partial charge in [0.25, 0.3) is 5.91 Å². The number of anilines is 1. The number of benzene rings is 2. The molecule has 8 nitrogen and oxygen atoms in total. The molecule has 35 heavy (non-hydrogen) atoms. The quantitative estimate of drug-likeness (QED) is 0.406. The summed E-state index contributed by atoms with van der Waals surface area (Å²) in [5, 5.41) is 7.43. The summed E-state index contributed by atoms with van der Waals surface area (Å²) in [5.41, 5.74) is 2.44. The molecule has 0 aliphatic rings. The Morgan fingerprint density at radius 1 is 0.943 bits per heavy atom. The number of rotatable bonds is 10. The lowest BCUT2D eigenvalue weighted by atomic mass is 10.0. The number of ether oxygens (including phenoxy) is 2. The van der Waals surface area contributed by atoms with Crippen molar-refractivity contribution < 1.29 is 28.7 Å². The van der Waals surface area contributed by atoms with E-state index in [-0.39, 0.29) is 24.5 Å². The van der Waals surface area contributed by atoms with E-state index in [1.165, 1.54) is 18.3 Å². The SMILES string of the molecule is CCOC(=O)c1c(-c2ccccc2)csc1NC(=O)COC(=O)C[C@@H](NC(C)=O)c1ccccc1. The van der Waals surface area contributed by atoms with Gasteiger partial charge in [0.15, 0.2) is 6.61 Å². The van der Waals surface area contributed by atoms with Gasteiger partial charge >= 0.3 is 11.9 Å². The third kappa shape index (κ3) is 7.25. The van der Waals surface area contributed by atoms with E-state index in [0.717, 1.165) is 11.1 Å². The first-order chi connectivity index (χ1) is 16.9. The van der Waals surface area contributed by atoms with Crippen molar-refractivity contribution in [3.8, 4) is 11.1 Å². The van der Waals surface area contributed by atoms with Gasteiger partial charge in [-0.3, -0.25) is 14.4 Å². The predicted octanol–water partition coefficient (Wildman–Crippen LogP) is 4.34. The zero-order chi connectivity index (χ0) is 25.2. The number of esters is 2. The molecule has 0 aliphatic heterocycles. The molecule has 182 valence electrons. The second-order valence-corrected chi connectivity index (χ2v) is 8.40. The van der Waals surface area contributed by atoms with Gasteiger partial charge in [-0.1, -0.05) is 60.7 Å². The predicted molar refractivity (Wildman–Crippen MR) is 133 cm³/mol. The van der Waals surface area contributed by atoms with Crippen LogP contribution in [0, 0.1) is 0 Å². The van der Waals surface area contributed by atoms with Crippen LogP contribution in [-0.2, 0) is 23.9 Å². The van der Waals surface area contributed by atoms with Crippen LogP contribution in [0.2, 0.25) is 0 Å². The average Bonchev–Trinajstić information content (AvgIpc) is 3.27. The fourth-order valence-electron chi connectivity index (χ4n) is 3.40. The Balaban J connectivity index is 1.66. The Bertz CT molecular complexity index is 1180. The summed E-state index contributed by atoms with van der Waals surface area (Å²) in [7, 11) is 0. The number of amides is 2. The van der Waals surface area contributed by atoms with Crippen molar-refractivity contribution in [2.24, 2.45) is 0 Å². The Kier molecular flexibility index (Phi) is 9.14. The van der Waals surface area contributed by atoms with Gasteiger partial charge in [0.05, 0.1) is 19.1 Å². The van der Waals surface area contributed by atoms with Crippen LogP contribution in [0.4, 0.5) is 5.00 Å². The van der Waals surface area contributed by atoms with Crippen molar-refractivity contribution >= 4 is 40.1 Å². The molecule has 2 N–H and O–H groups in total. The summed E-state index contributed by atoms with van der Waals surface area (Å²) >= 11 is 1.18. The lowest BCUT2D eigenvalue weighted by molar-refractivity contribution is -0.148. The first kappa shape index (κ1) is 25.6. The lowest BCUT2D eigenvalue weighted by Crippen LogP contribution is -2.29. The van der Waals surface area contributed by atoms with Crippen LogP contribution >= 0.6 is 11.3 Å². The molecule has 1 atom stereocenters. The number of hydrogen-bond donors (Lipinski definition) is 2. The van der Waals surface area contributed by atoms with Crippen LogP contribution in [0.3, 0.4) is 0 Å². The minimum absolute atomic E-state index is 0.137. The van der Waals surface area contributed by atoms with Gasteiger partial charge in [-0.2, -0.15) is 0 Å². The molecule has 0 saturated heterocycles. The molecule has 0 aliphatic carbocycles. The third-order valence-electron chi connectivity index (χ3n) is 4.92. The van der Waals surface area contributed by atoms with Crippen LogP contribution in [0.15, 0.2) is 66.0 Å². The molecular weight excluding hydrogens is 468 g/mol. The van der Waals surface area contributed by atoms with Crippen LogP contribution in [0.25, 0.3) is 11.1 Å². The van der Waals surface area contributed by atoms with E-state index in [4.69, 9.17) is 9.47 Å². The second-order valence-electron chi connectivity index (χ2n) is 7.52. The van der Waals surface area contributed by atoms with Gasteiger partial charge in [0.2, 0.25) is 5.91 Å². The number of thiophene rings is 1. The van der Waals surface area contributed by atoms with Crippen molar-refractivity contribution in [2.45, 2.75) is 26.3 Å². The summed E-state index contributed by atoms with van der Waals surface area (Å²) in [6.45, 7) is 2.71. The van der Waals surface area contributed by atoms with Crippen LogP contribution in [-0.4, -0.2) is 37.0 Å². The fourth-order valence-corrected chi connectivity index (χ4v) is 4.38. The topological polar surface area (TPSA) is 111 Å². The van der Waals surface area contributed by atoms with Gasteiger partial charge in [0, 0.05) is 17.9 Å². The summed E-state index contributed by atoms with van der Waals surface area (Å²) in [5.74, 6) is -2.09. The molecule has 1 heterocycles. The Labute approximate surface area is 207 Å². The molecule has 2 amide bonds. The Morgan fingerprint density at radius 2 is 1.60 bits per heavy atom. The average molecular weight is 495 g/mol. The highest BCUT2D eigenvalue weighted by molar-refractivity contribution is 7.15. The highest BCUT2D eigenvalue weighted by atomic mass is 32.1. The van der Waals surface area contributed by atoms with E-state index in [1.54, 1.807) is 36.6 Å². The van der Waals surface area contributed by atoms with E-state index in [0.29, 0.717) is 10.6 Å². The molecule has 2 aromatic carbocycles. The van der Waals surface area contributed by atoms with Crippen LogP contribution in [0.5, 0.6) is 0 Å². The number of carbonyl (C=O) groups is 4. The van der Waals surface area contributed by atoms with Crippen LogP contribution < -0.4 is 10.6 Å². The summed E-state index contributed by atoms with van der Waals surface area (Å²) < 4.78 is 10.3. The van der Waals surface area contributed by atoms with Gasteiger partial charge < -0.3 is 20.1 Å². The monoisotopic (exact) mass is 494 g/mol. The molecule has 0 saturated carbocycles. The molecule has 0 spiro atoms.